The fraction of sp³-hybridized carbons (Fsp3) is 0.462. The summed E-state index contributed by atoms with van der Waals surface area (Å²) in [6.07, 6.45) is 0. The van der Waals surface area contributed by atoms with Crippen LogP contribution < -0.4 is 5.32 Å². The zero-order valence-electron chi connectivity index (χ0n) is 9.61. The standard InChI is InChI=1S/C13H17N3/c1-11-9-16(7-6-15-11)10-13-4-2-12(8-14)3-5-13/h2-5,11,15H,6-7,9-10H2,1H3/t11-/m0/s1. The molecule has 1 heterocycles. The van der Waals surface area contributed by atoms with Crippen molar-refractivity contribution in [2.75, 3.05) is 19.6 Å². The summed E-state index contributed by atoms with van der Waals surface area (Å²) in [4.78, 5) is 2.45. The van der Waals surface area contributed by atoms with Gasteiger partial charge in [-0.3, -0.25) is 4.90 Å². The second-order valence-electron chi connectivity index (χ2n) is 4.40. The quantitative estimate of drug-likeness (QED) is 0.809. The van der Waals surface area contributed by atoms with E-state index in [1.807, 2.05) is 24.3 Å². The van der Waals surface area contributed by atoms with E-state index < -0.39 is 0 Å². The number of hydrogen-bond acceptors (Lipinski definition) is 3. The van der Waals surface area contributed by atoms with Crippen molar-refractivity contribution in [3.63, 3.8) is 0 Å². The topological polar surface area (TPSA) is 39.1 Å². The summed E-state index contributed by atoms with van der Waals surface area (Å²) in [5, 5.41) is 12.1. The Morgan fingerprint density at radius 3 is 2.81 bits per heavy atom. The Bertz CT molecular complexity index is 377. The Balaban J connectivity index is 1.95. The van der Waals surface area contributed by atoms with Crippen LogP contribution in [0.2, 0.25) is 0 Å². The van der Waals surface area contributed by atoms with Crippen LogP contribution in [0.25, 0.3) is 0 Å². The highest BCUT2D eigenvalue weighted by Gasteiger charge is 2.15. The van der Waals surface area contributed by atoms with Gasteiger partial charge in [-0.2, -0.15) is 5.26 Å². The normalized spacial score (nSPS) is 21.6. The molecule has 3 heteroatoms. The van der Waals surface area contributed by atoms with Gasteiger partial charge in [0.15, 0.2) is 0 Å². The van der Waals surface area contributed by atoms with Crippen molar-refractivity contribution in [3.8, 4) is 6.07 Å². The number of nitriles is 1. The van der Waals surface area contributed by atoms with Crippen molar-refractivity contribution in [1.82, 2.24) is 10.2 Å². The predicted octanol–water partition coefficient (Wildman–Crippen LogP) is 1.35. The largest absolute Gasteiger partial charge is 0.312 e. The summed E-state index contributed by atoms with van der Waals surface area (Å²) >= 11 is 0. The zero-order valence-corrected chi connectivity index (χ0v) is 9.61. The van der Waals surface area contributed by atoms with Crippen LogP contribution >= 0.6 is 0 Å². The second-order valence-corrected chi connectivity index (χ2v) is 4.40. The van der Waals surface area contributed by atoms with Crippen LogP contribution in [-0.2, 0) is 6.54 Å². The lowest BCUT2D eigenvalue weighted by molar-refractivity contribution is 0.199. The number of nitrogens with zero attached hydrogens (tertiary/aromatic N) is 2. The van der Waals surface area contributed by atoms with Gasteiger partial charge in [0.2, 0.25) is 0 Å². The number of hydrogen-bond donors (Lipinski definition) is 1. The first-order chi connectivity index (χ1) is 7.78. The van der Waals surface area contributed by atoms with Gasteiger partial charge in [-0.15, -0.1) is 0 Å². The molecule has 1 atom stereocenters. The highest BCUT2D eigenvalue weighted by molar-refractivity contribution is 5.31. The lowest BCUT2D eigenvalue weighted by Crippen LogP contribution is -2.48. The molecule has 1 aliphatic heterocycles. The fourth-order valence-electron chi connectivity index (χ4n) is 2.10. The molecule has 0 aliphatic carbocycles. The van der Waals surface area contributed by atoms with Crippen molar-refractivity contribution in [1.29, 1.82) is 5.26 Å². The van der Waals surface area contributed by atoms with E-state index in [1.54, 1.807) is 0 Å². The second kappa shape index (κ2) is 5.11. The predicted molar refractivity (Wildman–Crippen MR) is 63.9 cm³/mol. The van der Waals surface area contributed by atoms with Crippen LogP contribution in [-0.4, -0.2) is 30.6 Å². The van der Waals surface area contributed by atoms with Gasteiger partial charge in [0.25, 0.3) is 0 Å². The van der Waals surface area contributed by atoms with Crippen molar-refractivity contribution in [2.24, 2.45) is 0 Å². The van der Waals surface area contributed by atoms with Gasteiger partial charge in [-0.05, 0) is 24.6 Å². The van der Waals surface area contributed by atoms with Crippen molar-refractivity contribution < 1.29 is 0 Å². The van der Waals surface area contributed by atoms with Crippen LogP contribution in [0.15, 0.2) is 24.3 Å². The maximum absolute atomic E-state index is 8.72. The molecule has 0 amide bonds. The van der Waals surface area contributed by atoms with E-state index >= 15 is 0 Å². The summed E-state index contributed by atoms with van der Waals surface area (Å²) in [7, 11) is 0. The molecule has 1 saturated heterocycles. The Labute approximate surface area is 96.7 Å². The molecular formula is C13H17N3. The van der Waals surface area contributed by atoms with Gasteiger partial charge >= 0.3 is 0 Å². The number of benzene rings is 1. The Kier molecular flexibility index (Phi) is 3.55. The molecule has 1 N–H and O–H groups in total. The summed E-state index contributed by atoms with van der Waals surface area (Å²) in [6.45, 7) is 6.46. The van der Waals surface area contributed by atoms with Crippen LogP contribution in [0.4, 0.5) is 0 Å². The van der Waals surface area contributed by atoms with Crippen molar-refractivity contribution in [3.05, 3.63) is 35.4 Å². The number of nitrogens with one attached hydrogen (secondary N) is 1. The van der Waals surface area contributed by atoms with E-state index in [2.05, 4.69) is 23.2 Å². The molecular weight excluding hydrogens is 198 g/mol. The van der Waals surface area contributed by atoms with Gasteiger partial charge in [-0.25, -0.2) is 0 Å². The minimum Gasteiger partial charge on any atom is -0.312 e. The van der Waals surface area contributed by atoms with Gasteiger partial charge < -0.3 is 5.32 Å². The van der Waals surface area contributed by atoms with E-state index in [0.29, 0.717) is 6.04 Å². The zero-order chi connectivity index (χ0) is 11.4. The van der Waals surface area contributed by atoms with E-state index in [0.717, 1.165) is 31.7 Å². The first kappa shape index (κ1) is 11.1. The summed E-state index contributed by atoms with van der Waals surface area (Å²) in [6, 6.07) is 10.6. The summed E-state index contributed by atoms with van der Waals surface area (Å²) in [5.74, 6) is 0. The van der Waals surface area contributed by atoms with Crippen LogP contribution in [0.5, 0.6) is 0 Å². The van der Waals surface area contributed by atoms with E-state index in [4.69, 9.17) is 5.26 Å². The van der Waals surface area contributed by atoms with Gasteiger partial charge in [0, 0.05) is 32.2 Å². The van der Waals surface area contributed by atoms with Crippen molar-refractivity contribution >= 4 is 0 Å². The molecule has 0 aromatic heterocycles. The third kappa shape index (κ3) is 2.82. The average Bonchev–Trinajstić information content (AvgIpc) is 2.30. The molecule has 0 spiro atoms. The molecule has 1 fully saturated rings. The minimum atomic E-state index is 0.576. The molecule has 1 aromatic carbocycles. The first-order valence-electron chi connectivity index (χ1n) is 5.73. The Morgan fingerprint density at radius 1 is 1.44 bits per heavy atom. The molecule has 2 rings (SSSR count). The minimum absolute atomic E-state index is 0.576. The lowest BCUT2D eigenvalue weighted by atomic mass is 10.1. The van der Waals surface area contributed by atoms with E-state index in [9.17, 15) is 0 Å². The van der Waals surface area contributed by atoms with Gasteiger partial charge in [0.05, 0.1) is 11.6 Å². The maximum Gasteiger partial charge on any atom is 0.0991 e. The average molecular weight is 215 g/mol. The van der Waals surface area contributed by atoms with Crippen LogP contribution in [0, 0.1) is 11.3 Å². The first-order valence-corrected chi connectivity index (χ1v) is 5.73. The van der Waals surface area contributed by atoms with Gasteiger partial charge in [-0.1, -0.05) is 12.1 Å². The molecule has 1 aromatic rings. The molecule has 84 valence electrons. The summed E-state index contributed by atoms with van der Waals surface area (Å²) < 4.78 is 0. The van der Waals surface area contributed by atoms with E-state index in [1.165, 1.54) is 5.56 Å². The molecule has 1 aliphatic rings. The van der Waals surface area contributed by atoms with Gasteiger partial charge in [0.1, 0.15) is 0 Å². The number of piperazine rings is 1. The van der Waals surface area contributed by atoms with Crippen LogP contribution in [0.3, 0.4) is 0 Å². The monoisotopic (exact) mass is 215 g/mol. The molecule has 0 radical (unpaired) electrons. The molecule has 0 unspecified atom stereocenters. The maximum atomic E-state index is 8.72. The SMILES string of the molecule is C[C@H]1CN(Cc2ccc(C#N)cc2)CCN1. The Morgan fingerprint density at radius 2 is 2.19 bits per heavy atom. The molecule has 3 nitrogen and oxygen atoms in total. The summed E-state index contributed by atoms with van der Waals surface area (Å²) in [5.41, 5.74) is 2.02. The van der Waals surface area contributed by atoms with E-state index in [-0.39, 0.29) is 0 Å². The lowest BCUT2D eigenvalue weighted by Gasteiger charge is -2.31. The third-order valence-electron chi connectivity index (χ3n) is 2.94. The molecule has 0 bridgehead atoms. The molecule has 16 heavy (non-hydrogen) atoms. The van der Waals surface area contributed by atoms with Crippen molar-refractivity contribution in [2.45, 2.75) is 19.5 Å². The Hall–Kier alpha value is -1.37. The highest BCUT2D eigenvalue weighted by atomic mass is 15.2. The third-order valence-corrected chi connectivity index (χ3v) is 2.94. The molecule has 0 saturated carbocycles. The smallest absolute Gasteiger partial charge is 0.0991 e. The fourth-order valence-corrected chi connectivity index (χ4v) is 2.10. The highest BCUT2D eigenvalue weighted by Crippen LogP contribution is 2.08. The van der Waals surface area contributed by atoms with Crippen LogP contribution in [0.1, 0.15) is 18.1 Å². The number of rotatable bonds is 2.